The largest absolute Gasteiger partial charge is 0.478 e. The summed E-state index contributed by atoms with van der Waals surface area (Å²) in [6, 6.07) is 32.5. The first-order chi connectivity index (χ1) is 53.2. The number of halogens is 10. The molecule has 4 aliphatic heterocycles. The number of alkyl halides is 1. The van der Waals surface area contributed by atoms with Crippen molar-refractivity contribution in [1.82, 2.24) is 49.9 Å². The Morgan fingerprint density at radius 3 is 1.10 bits per heavy atom. The van der Waals surface area contributed by atoms with Crippen LogP contribution in [0.5, 0.6) is 0 Å². The van der Waals surface area contributed by atoms with Crippen molar-refractivity contribution >= 4 is 52.4 Å². The number of carbonyl (C=O) groups excluding carboxylic acids is 3. The van der Waals surface area contributed by atoms with Gasteiger partial charge in [-0.25, -0.2) is 69.4 Å². The van der Waals surface area contributed by atoms with Gasteiger partial charge in [0.1, 0.15) is 81.8 Å². The summed E-state index contributed by atoms with van der Waals surface area (Å²) in [4.78, 5) is 76.9. The number of aromatic nitrogens is 6. The van der Waals surface area contributed by atoms with Gasteiger partial charge in [0, 0.05) is 99.6 Å². The molecule has 12 rings (SSSR count). The van der Waals surface area contributed by atoms with Gasteiger partial charge < -0.3 is 34.6 Å². The van der Waals surface area contributed by atoms with Crippen molar-refractivity contribution in [3.63, 3.8) is 0 Å². The van der Waals surface area contributed by atoms with Crippen LogP contribution in [0, 0.1) is 114 Å². The standard InChI is InChI=1S/C23H19F2N5O.C18H22F2N2O2.C13H14F2N2.C11H18N2O2.C10H7N3O2.C7H5BrF2.6CH4.ClH/c24-17-10-16(11-18(25)12-17)13-23(14-26)4-8-30(9-5-23)22(31)19-2-1-6-28-21(19)20-3-7-27-15-29-20;1-17(2,3)24-16(23)22-6-4-18(12-21,5-7-22)11-13-8-14(19)10-15(20)9-13;14-11-5-10(6-12(15)7-11)8-13(9-16)1-3-17-4-2-13;1-11(2,3)15-10(14)13-6-4-9(8-12)5-7-13;14-10(15)7-2-1-4-12-9(7)8-3-5-11-6-13-8;8-4-5-1-6(9)3-7(10)2-5;;;;;;;/h1-3,6-7,10-12,15H,4-5,8-9,13H2;8-10H,4-7,11H2,1-3H3;5-7,17H,1-4,8H2;9H,4-7H2,1-3H3;1-6H,(H,14,15);1-3H,4H2;6*1H4;1H. The number of nitriles is 4. The Kier molecular flexibility index (Phi) is 46.0. The molecule has 644 valence electrons. The van der Waals surface area contributed by atoms with Gasteiger partial charge in [0.25, 0.3) is 5.91 Å². The van der Waals surface area contributed by atoms with Gasteiger partial charge in [-0.15, -0.1) is 12.4 Å². The number of rotatable bonds is 11. The molecule has 0 bridgehead atoms. The van der Waals surface area contributed by atoms with Crippen LogP contribution in [0.3, 0.4) is 0 Å². The van der Waals surface area contributed by atoms with Crippen molar-refractivity contribution in [1.29, 1.82) is 21.0 Å². The van der Waals surface area contributed by atoms with Crippen LogP contribution >= 0.6 is 28.3 Å². The summed E-state index contributed by atoms with van der Waals surface area (Å²) in [5.41, 5.74) is 1.52. The van der Waals surface area contributed by atoms with Crippen LogP contribution in [-0.2, 0) is 34.1 Å². The smallest absolute Gasteiger partial charge is 0.410 e. The van der Waals surface area contributed by atoms with Gasteiger partial charge in [-0.1, -0.05) is 60.5 Å². The van der Waals surface area contributed by atoms with E-state index < -0.39 is 86.0 Å². The number of nitrogens with one attached hydrogen (secondary N) is 1. The molecule has 0 unspecified atom stereocenters. The lowest BCUT2D eigenvalue weighted by Crippen LogP contribution is -2.45. The van der Waals surface area contributed by atoms with Gasteiger partial charge in [0.05, 0.1) is 63.0 Å². The van der Waals surface area contributed by atoms with Crippen molar-refractivity contribution in [2.45, 2.75) is 173 Å². The number of carbonyl (C=O) groups is 4. The Bertz CT molecular complexity index is 4610. The number of hydrogen-bond donors (Lipinski definition) is 2. The molecule has 4 aliphatic rings. The van der Waals surface area contributed by atoms with E-state index in [9.17, 15) is 70.1 Å². The average molecular weight is 1740 g/mol. The van der Waals surface area contributed by atoms with Gasteiger partial charge in [-0.3, -0.25) is 14.8 Å². The molecule has 0 saturated carbocycles. The quantitative estimate of drug-likeness (QED) is 0.0898. The monoisotopic (exact) mass is 1740 g/mol. The molecule has 0 spiro atoms. The van der Waals surface area contributed by atoms with E-state index >= 15 is 0 Å². The third kappa shape index (κ3) is 34.4. The number of pyridine rings is 2. The minimum Gasteiger partial charge on any atom is -0.478 e. The molecule has 2 N–H and O–H groups in total. The number of amides is 3. The van der Waals surface area contributed by atoms with Crippen LogP contribution in [0.15, 0.2) is 147 Å². The maximum absolute atomic E-state index is 13.6. The molecular formula is C88H110BrClF8N14O7. The van der Waals surface area contributed by atoms with E-state index in [1.54, 1.807) is 84.4 Å². The fourth-order valence-corrected chi connectivity index (χ4v) is 12.9. The van der Waals surface area contributed by atoms with Crippen molar-refractivity contribution in [2.75, 3.05) is 52.4 Å². The Hall–Kier alpha value is -11.1. The second-order valence-corrected chi connectivity index (χ2v) is 29.7. The minimum absolute atomic E-state index is 0. The first kappa shape index (κ1) is 108. The van der Waals surface area contributed by atoms with E-state index in [-0.39, 0.29) is 93.3 Å². The highest BCUT2D eigenvalue weighted by molar-refractivity contribution is 9.08. The zero-order valence-electron chi connectivity index (χ0n) is 63.1. The summed E-state index contributed by atoms with van der Waals surface area (Å²) in [5, 5.41) is 50.0. The van der Waals surface area contributed by atoms with Gasteiger partial charge in [-0.2, -0.15) is 21.0 Å². The molecule has 4 aromatic carbocycles. The highest BCUT2D eigenvalue weighted by Gasteiger charge is 2.40. The van der Waals surface area contributed by atoms with Crippen molar-refractivity contribution in [3.8, 4) is 47.1 Å². The number of piperidine rings is 4. The van der Waals surface area contributed by atoms with Crippen LogP contribution in [0.25, 0.3) is 22.8 Å². The molecule has 0 atom stereocenters. The molecule has 119 heavy (non-hydrogen) atoms. The molecule has 31 heteroatoms. The number of carboxylic acids is 1. The Balaban J connectivity index is 0.00000143. The third-order valence-corrected chi connectivity index (χ3v) is 18.8. The molecule has 0 aliphatic carbocycles. The second-order valence-electron chi connectivity index (χ2n) is 29.1. The number of likely N-dealkylation sites (tertiary alicyclic amines) is 3. The van der Waals surface area contributed by atoms with E-state index in [1.807, 2.05) is 20.8 Å². The van der Waals surface area contributed by atoms with E-state index in [0.29, 0.717) is 127 Å². The Labute approximate surface area is 709 Å². The summed E-state index contributed by atoms with van der Waals surface area (Å²) in [5.74, 6) is -5.96. The number of aromatic carboxylic acids is 1. The molecule has 4 aromatic heterocycles. The predicted octanol–water partition coefficient (Wildman–Crippen LogP) is 20.7. The van der Waals surface area contributed by atoms with E-state index in [2.05, 4.69) is 75.4 Å². The minimum atomic E-state index is -1.02. The normalized spacial score (nSPS) is 14.5. The fraction of sp³-hybridized carbons (Fsp3) is 0.432. The number of nitrogens with zero attached hydrogens (tertiary/aromatic N) is 13. The summed E-state index contributed by atoms with van der Waals surface area (Å²) in [6.07, 6.45) is 14.0. The zero-order chi connectivity index (χ0) is 81.8. The Morgan fingerprint density at radius 1 is 0.471 bits per heavy atom. The average Bonchev–Trinajstić information content (AvgIpc) is 0.796. The Morgan fingerprint density at radius 2 is 0.790 bits per heavy atom. The second kappa shape index (κ2) is 50.7. The lowest BCUT2D eigenvalue weighted by Gasteiger charge is -2.37. The van der Waals surface area contributed by atoms with E-state index in [4.69, 9.17) is 19.8 Å². The van der Waals surface area contributed by atoms with Crippen LogP contribution in [0.2, 0.25) is 0 Å². The number of benzene rings is 4. The number of ether oxygens (including phenoxy) is 2. The maximum Gasteiger partial charge on any atom is 0.410 e. The van der Waals surface area contributed by atoms with Crippen molar-refractivity contribution in [3.05, 3.63) is 227 Å². The topological polar surface area (TPSA) is 301 Å². The fourth-order valence-electron chi connectivity index (χ4n) is 12.6. The van der Waals surface area contributed by atoms with E-state index in [0.717, 1.165) is 63.0 Å². The van der Waals surface area contributed by atoms with Gasteiger partial charge in [-0.05, 0) is 232 Å². The number of carboxylic acid groups (broad SMARTS) is 1. The molecule has 3 amide bonds. The number of hydrogen-bond acceptors (Lipinski definition) is 17. The molecule has 8 heterocycles. The van der Waals surface area contributed by atoms with Gasteiger partial charge in [0.2, 0.25) is 0 Å². The summed E-state index contributed by atoms with van der Waals surface area (Å²) in [6.45, 7) is 15.3. The third-order valence-electron chi connectivity index (χ3n) is 18.2. The van der Waals surface area contributed by atoms with Gasteiger partial charge >= 0.3 is 18.2 Å². The summed E-state index contributed by atoms with van der Waals surface area (Å²) < 4.78 is 115. The first-order valence-electron chi connectivity index (χ1n) is 35.8. The SMILES string of the molecule is C.C.C.C.C.C.CC(C)(C)OC(=O)N1CCC(C#N)(Cc2cc(F)cc(F)c2)CC1.CC(C)(C)OC(=O)N1CCC(C#N)CC1.Cl.Fc1cc(F)cc(CBr)c1.N#CC1(Cc2cc(F)cc(F)c2)CCN(C(=O)c2cccnc2-c2ccncn2)CC1.N#CC1(Cc2cc(F)cc(F)c2)CCNCC1.O=C(O)c1cccnc1-c1ccncn1. The zero-order valence-corrected chi connectivity index (χ0v) is 65.5. The van der Waals surface area contributed by atoms with Crippen LogP contribution < -0.4 is 5.32 Å². The molecule has 8 aromatic rings. The van der Waals surface area contributed by atoms with E-state index in [1.165, 1.54) is 73.4 Å². The van der Waals surface area contributed by atoms with Crippen molar-refractivity contribution in [2.24, 2.45) is 22.2 Å². The first-order valence-corrected chi connectivity index (χ1v) is 36.9. The maximum atomic E-state index is 13.6. The predicted molar refractivity (Wildman–Crippen MR) is 449 cm³/mol. The summed E-state index contributed by atoms with van der Waals surface area (Å²) in [7, 11) is 0. The highest BCUT2D eigenvalue weighted by Crippen LogP contribution is 2.38. The molecule has 4 fully saturated rings. The van der Waals surface area contributed by atoms with Gasteiger partial charge in [0.15, 0.2) is 0 Å². The molecule has 21 nitrogen and oxygen atoms in total. The van der Waals surface area contributed by atoms with Crippen LogP contribution in [0.1, 0.15) is 180 Å². The van der Waals surface area contributed by atoms with Crippen LogP contribution in [0.4, 0.5) is 44.7 Å². The lowest BCUT2D eigenvalue weighted by atomic mass is 9.75. The van der Waals surface area contributed by atoms with Crippen LogP contribution in [-0.4, -0.2) is 137 Å². The molecule has 4 saturated heterocycles. The highest BCUT2D eigenvalue weighted by atomic mass is 79.9. The summed E-state index contributed by atoms with van der Waals surface area (Å²) >= 11 is 3.09. The lowest BCUT2D eigenvalue weighted by molar-refractivity contribution is 0.0146. The molecular weight excluding hydrogens is 1630 g/mol. The molecule has 0 radical (unpaired) electrons. The van der Waals surface area contributed by atoms with Crippen molar-refractivity contribution < 1.29 is 68.9 Å².